The number of benzene rings is 1. The Hall–Kier alpha value is -0.370. The van der Waals surface area contributed by atoms with Crippen LogP contribution >= 0.6 is 59.1 Å². The number of thiophene rings is 1. The molecule has 1 amide bonds. The fourth-order valence-corrected chi connectivity index (χ4v) is 3.23. The van der Waals surface area contributed by atoms with Crippen LogP contribution in [-0.4, -0.2) is 6.09 Å². The van der Waals surface area contributed by atoms with E-state index in [4.69, 9.17) is 4.74 Å². The molecule has 0 saturated heterocycles. The molecule has 1 aromatic carbocycles. The Morgan fingerprint density at radius 3 is 2.39 bits per heavy atom. The van der Waals surface area contributed by atoms with Gasteiger partial charge in [0, 0.05) is 20.7 Å². The second-order valence-corrected chi connectivity index (χ2v) is 7.31. The summed E-state index contributed by atoms with van der Waals surface area (Å²) in [6, 6.07) is 8.98. The Labute approximate surface area is 133 Å². The van der Waals surface area contributed by atoms with Gasteiger partial charge in [-0.05, 0) is 56.1 Å². The topological polar surface area (TPSA) is 38.3 Å². The lowest BCUT2D eigenvalue weighted by Crippen LogP contribution is -2.15. The SMILES string of the molecule is O=C(Nc1ccc(Br)cc1)Oc1cc(Br)c(Br)s1. The smallest absolute Gasteiger partial charge is 0.399 e. The molecule has 0 radical (unpaired) electrons. The van der Waals surface area contributed by atoms with E-state index in [0.717, 1.165) is 12.7 Å². The maximum absolute atomic E-state index is 11.6. The molecule has 3 nitrogen and oxygen atoms in total. The zero-order valence-corrected chi connectivity index (χ0v) is 14.3. The van der Waals surface area contributed by atoms with Gasteiger partial charge in [-0.2, -0.15) is 0 Å². The number of carbonyl (C=O) groups is 1. The van der Waals surface area contributed by atoms with Crippen molar-refractivity contribution in [3.8, 4) is 5.06 Å². The number of nitrogens with one attached hydrogen (secondary N) is 1. The van der Waals surface area contributed by atoms with Gasteiger partial charge in [0.25, 0.3) is 0 Å². The first-order valence-corrected chi connectivity index (χ1v) is 7.93. The normalized spacial score (nSPS) is 10.2. The van der Waals surface area contributed by atoms with E-state index in [0.29, 0.717) is 10.8 Å². The quantitative estimate of drug-likeness (QED) is 0.635. The summed E-state index contributed by atoms with van der Waals surface area (Å²) in [6.07, 6.45) is -0.515. The van der Waals surface area contributed by atoms with E-state index < -0.39 is 6.09 Å². The van der Waals surface area contributed by atoms with Crippen LogP contribution in [0.2, 0.25) is 0 Å². The molecule has 18 heavy (non-hydrogen) atoms. The van der Waals surface area contributed by atoms with Crippen LogP contribution in [0.5, 0.6) is 5.06 Å². The highest BCUT2D eigenvalue weighted by molar-refractivity contribution is 9.13. The molecule has 2 rings (SSSR count). The zero-order chi connectivity index (χ0) is 13.1. The number of hydrogen-bond acceptors (Lipinski definition) is 3. The molecule has 0 bridgehead atoms. The lowest BCUT2D eigenvalue weighted by Gasteiger charge is -2.04. The molecule has 0 fully saturated rings. The van der Waals surface area contributed by atoms with Gasteiger partial charge in [0.05, 0.1) is 3.79 Å². The average Bonchev–Trinajstić information content (AvgIpc) is 2.61. The molecule has 2 aromatic rings. The minimum absolute atomic E-state index is 0.515. The van der Waals surface area contributed by atoms with Gasteiger partial charge in [0.15, 0.2) is 5.06 Å². The van der Waals surface area contributed by atoms with Gasteiger partial charge in [0.2, 0.25) is 0 Å². The third-order valence-corrected chi connectivity index (χ3v) is 5.57. The van der Waals surface area contributed by atoms with Crippen molar-refractivity contribution < 1.29 is 9.53 Å². The predicted octanol–water partition coefficient (Wildman–Crippen LogP) is 5.65. The monoisotopic (exact) mass is 453 g/mol. The molecule has 0 aliphatic rings. The Balaban J connectivity index is 1.98. The van der Waals surface area contributed by atoms with Crippen molar-refractivity contribution in [1.82, 2.24) is 0 Å². The van der Waals surface area contributed by atoms with Gasteiger partial charge in [-0.25, -0.2) is 4.79 Å². The summed E-state index contributed by atoms with van der Waals surface area (Å²) in [7, 11) is 0. The molecule has 0 aliphatic carbocycles. The van der Waals surface area contributed by atoms with E-state index in [1.807, 2.05) is 12.1 Å². The Morgan fingerprint density at radius 1 is 1.17 bits per heavy atom. The van der Waals surface area contributed by atoms with E-state index in [9.17, 15) is 4.79 Å². The van der Waals surface area contributed by atoms with Crippen molar-refractivity contribution in [2.45, 2.75) is 0 Å². The molecular weight excluding hydrogens is 450 g/mol. The second-order valence-electron chi connectivity index (χ2n) is 3.21. The summed E-state index contributed by atoms with van der Waals surface area (Å²) < 4.78 is 7.84. The first-order chi connectivity index (χ1) is 8.54. The van der Waals surface area contributed by atoms with E-state index in [-0.39, 0.29) is 0 Å². The minimum Gasteiger partial charge on any atom is -0.399 e. The van der Waals surface area contributed by atoms with Crippen LogP contribution in [0.15, 0.2) is 43.1 Å². The molecule has 0 saturated carbocycles. The number of rotatable bonds is 2. The summed E-state index contributed by atoms with van der Waals surface area (Å²) in [5.41, 5.74) is 0.679. The largest absolute Gasteiger partial charge is 0.417 e. The summed E-state index contributed by atoms with van der Waals surface area (Å²) >= 11 is 11.3. The number of halogens is 3. The van der Waals surface area contributed by atoms with Crippen molar-refractivity contribution >= 4 is 70.9 Å². The minimum atomic E-state index is -0.515. The highest BCUT2D eigenvalue weighted by Gasteiger charge is 2.10. The molecule has 0 atom stereocenters. The molecular formula is C11H6Br3NO2S. The number of amides is 1. The maximum atomic E-state index is 11.6. The fraction of sp³-hybridized carbons (Fsp3) is 0. The van der Waals surface area contributed by atoms with Crippen molar-refractivity contribution in [3.05, 3.63) is 43.1 Å². The molecule has 0 spiro atoms. The number of hydrogen-bond donors (Lipinski definition) is 1. The van der Waals surface area contributed by atoms with Crippen LogP contribution in [0.1, 0.15) is 0 Å². The molecule has 94 valence electrons. The first kappa shape index (κ1) is 14.0. The first-order valence-electron chi connectivity index (χ1n) is 4.74. The Kier molecular flexibility index (Phi) is 4.83. The zero-order valence-electron chi connectivity index (χ0n) is 8.75. The summed E-state index contributed by atoms with van der Waals surface area (Å²) in [6.45, 7) is 0. The second kappa shape index (κ2) is 6.18. The van der Waals surface area contributed by atoms with Gasteiger partial charge in [-0.1, -0.05) is 27.3 Å². The molecule has 1 N–H and O–H groups in total. The third kappa shape index (κ3) is 3.81. The summed E-state index contributed by atoms with van der Waals surface area (Å²) in [5, 5.41) is 3.16. The van der Waals surface area contributed by atoms with E-state index in [2.05, 4.69) is 53.1 Å². The van der Waals surface area contributed by atoms with Gasteiger partial charge in [-0.3, -0.25) is 5.32 Å². The van der Waals surface area contributed by atoms with Gasteiger partial charge >= 0.3 is 6.09 Å². The highest BCUT2D eigenvalue weighted by Crippen LogP contribution is 2.37. The van der Waals surface area contributed by atoms with Crippen LogP contribution in [0.4, 0.5) is 10.5 Å². The average molecular weight is 456 g/mol. The van der Waals surface area contributed by atoms with E-state index >= 15 is 0 Å². The number of ether oxygens (including phenoxy) is 1. The van der Waals surface area contributed by atoms with Crippen molar-refractivity contribution in [2.75, 3.05) is 5.32 Å². The molecule has 1 heterocycles. The van der Waals surface area contributed by atoms with Crippen LogP contribution in [-0.2, 0) is 0 Å². The van der Waals surface area contributed by atoms with Crippen LogP contribution in [0, 0.1) is 0 Å². The lowest BCUT2D eigenvalue weighted by atomic mass is 10.3. The van der Waals surface area contributed by atoms with Crippen LogP contribution < -0.4 is 10.1 Å². The fourth-order valence-electron chi connectivity index (χ4n) is 1.14. The van der Waals surface area contributed by atoms with Crippen molar-refractivity contribution in [2.24, 2.45) is 0 Å². The molecule has 0 unspecified atom stereocenters. The number of anilines is 1. The van der Waals surface area contributed by atoms with Crippen molar-refractivity contribution in [1.29, 1.82) is 0 Å². The molecule has 0 aliphatic heterocycles. The van der Waals surface area contributed by atoms with Gasteiger partial charge < -0.3 is 4.74 Å². The third-order valence-electron chi connectivity index (χ3n) is 1.91. The summed E-state index contributed by atoms with van der Waals surface area (Å²) in [5.74, 6) is 0. The maximum Gasteiger partial charge on any atom is 0.417 e. The van der Waals surface area contributed by atoms with Crippen LogP contribution in [0.3, 0.4) is 0 Å². The Bertz CT molecular complexity index is 549. The van der Waals surface area contributed by atoms with E-state index in [1.165, 1.54) is 11.3 Å². The van der Waals surface area contributed by atoms with Gasteiger partial charge in [0.1, 0.15) is 0 Å². The standard InChI is InChI=1S/C11H6Br3NO2S/c12-6-1-3-7(4-2-6)15-11(16)17-9-5-8(13)10(14)18-9/h1-5H,(H,15,16). The van der Waals surface area contributed by atoms with E-state index in [1.54, 1.807) is 18.2 Å². The Morgan fingerprint density at radius 2 is 1.83 bits per heavy atom. The number of carbonyl (C=O) groups excluding carboxylic acids is 1. The van der Waals surface area contributed by atoms with Crippen molar-refractivity contribution in [3.63, 3.8) is 0 Å². The van der Waals surface area contributed by atoms with Gasteiger partial charge in [-0.15, -0.1) is 0 Å². The lowest BCUT2D eigenvalue weighted by molar-refractivity contribution is 0.216. The summed E-state index contributed by atoms with van der Waals surface area (Å²) in [4.78, 5) is 11.6. The molecule has 1 aromatic heterocycles. The highest BCUT2D eigenvalue weighted by atomic mass is 79.9. The van der Waals surface area contributed by atoms with Crippen LogP contribution in [0.25, 0.3) is 0 Å². The molecule has 7 heteroatoms. The predicted molar refractivity (Wildman–Crippen MR) is 83.5 cm³/mol.